The van der Waals surface area contributed by atoms with Gasteiger partial charge in [0.25, 0.3) is 0 Å². The molecule has 0 atom stereocenters. The molecule has 146 valence electrons. The van der Waals surface area contributed by atoms with Crippen LogP contribution in [0.2, 0.25) is 0 Å². The first-order chi connectivity index (χ1) is 12.3. The summed E-state index contributed by atoms with van der Waals surface area (Å²) in [5.41, 5.74) is 0. The van der Waals surface area contributed by atoms with Crippen LogP contribution in [0.25, 0.3) is 0 Å². The molecule has 0 rings (SSSR count). The Morgan fingerprint density at radius 1 is 0.800 bits per heavy atom. The number of hydrogen-bond acceptors (Lipinski definition) is 2. The Morgan fingerprint density at radius 2 is 1.40 bits per heavy atom. The van der Waals surface area contributed by atoms with Crippen molar-refractivity contribution in [1.82, 2.24) is 0 Å². The normalized spacial score (nSPS) is 11.6. The van der Waals surface area contributed by atoms with Gasteiger partial charge in [-0.15, -0.1) is 0 Å². The van der Waals surface area contributed by atoms with Gasteiger partial charge in [-0.3, -0.25) is 4.79 Å². The number of hydrogen-bond donors (Lipinski definition) is 0. The second-order valence-electron chi connectivity index (χ2n) is 6.60. The highest BCUT2D eigenvalue weighted by Gasteiger charge is 2.01. The van der Waals surface area contributed by atoms with Gasteiger partial charge in [-0.2, -0.15) is 0 Å². The summed E-state index contributed by atoms with van der Waals surface area (Å²) in [6, 6.07) is 0. The number of carbonyl (C=O) groups is 1. The molecule has 25 heavy (non-hydrogen) atoms. The lowest BCUT2D eigenvalue weighted by atomic mass is 10.1. The van der Waals surface area contributed by atoms with E-state index in [0.717, 1.165) is 24.6 Å². The SMILES string of the molecule is CCCC/C=C\C/C=C\CCCCCCCCCOC(=O)CCCBr. The zero-order chi connectivity index (χ0) is 18.4. The van der Waals surface area contributed by atoms with Crippen LogP contribution >= 0.6 is 15.9 Å². The topological polar surface area (TPSA) is 26.3 Å². The summed E-state index contributed by atoms with van der Waals surface area (Å²) >= 11 is 3.32. The molecule has 0 fully saturated rings. The lowest BCUT2D eigenvalue weighted by Gasteiger charge is -2.04. The number of esters is 1. The maximum Gasteiger partial charge on any atom is 0.305 e. The van der Waals surface area contributed by atoms with Crippen molar-refractivity contribution < 1.29 is 9.53 Å². The molecule has 0 radical (unpaired) electrons. The van der Waals surface area contributed by atoms with Crippen molar-refractivity contribution in [3.8, 4) is 0 Å². The monoisotopic (exact) mass is 414 g/mol. The second-order valence-corrected chi connectivity index (χ2v) is 7.39. The largest absolute Gasteiger partial charge is 0.466 e. The first-order valence-electron chi connectivity index (χ1n) is 10.3. The molecule has 0 aliphatic carbocycles. The van der Waals surface area contributed by atoms with E-state index < -0.39 is 0 Å². The minimum atomic E-state index is -0.0519. The Morgan fingerprint density at radius 3 is 2.04 bits per heavy atom. The van der Waals surface area contributed by atoms with Gasteiger partial charge in [-0.1, -0.05) is 92.1 Å². The van der Waals surface area contributed by atoms with E-state index in [0.29, 0.717) is 13.0 Å². The van der Waals surface area contributed by atoms with E-state index in [1.54, 1.807) is 0 Å². The Labute approximate surface area is 164 Å². The molecule has 0 bridgehead atoms. The molecule has 0 aliphatic heterocycles. The van der Waals surface area contributed by atoms with E-state index in [1.807, 2.05) is 0 Å². The average Bonchev–Trinajstić information content (AvgIpc) is 2.62. The molecule has 0 aliphatic rings. The van der Waals surface area contributed by atoms with Crippen molar-refractivity contribution in [3.63, 3.8) is 0 Å². The Kier molecular flexibility index (Phi) is 21.0. The standard InChI is InChI=1S/C22H39BrO2/c1-2-3-4-5-6-7-8-9-10-11-12-13-14-15-16-17-21-25-22(24)19-18-20-23/h5-6,8-9H,2-4,7,10-21H2,1H3/b6-5-,9-8-. The molecule has 0 spiro atoms. The molecule has 0 saturated heterocycles. The summed E-state index contributed by atoms with van der Waals surface area (Å²) in [7, 11) is 0. The van der Waals surface area contributed by atoms with Crippen LogP contribution in [0.3, 0.4) is 0 Å². The molecule has 0 aromatic rings. The van der Waals surface area contributed by atoms with E-state index >= 15 is 0 Å². The van der Waals surface area contributed by atoms with Gasteiger partial charge >= 0.3 is 5.97 Å². The Balaban J connectivity index is 3.18. The van der Waals surface area contributed by atoms with E-state index in [9.17, 15) is 4.79 Å². The first-order valence-corrected chi connectivity index (χ1v) is 11.4. The fraction of sp³-hybridized carbons (Fsp3) is 0.773. The number of ether oxygens (including phenoxy) is 1. The molecule has 0 aromatic heterocycles. The van der Waals surface area contributed by atoms with Crippen LogP contribution in [0.4, 0.5) is 0 Å². The third-order valence-electron chi connectivity index (χ3n) is 4.12. The van der Waals surface area contributed by atoms with E-state index in [2.05, 4.69) is 47.2 Å². The predicted molar refractivity (Wildman–Crippen MR) is 113 cm³/mol. The van der Waals surface area contributed by atoms with Crippen molar-refractivity contribution in [1.29, 1.82) is 0 Å². The average molecular weight is 415 g/mol. The van der Waals surface area contributed by atoms with Gasteiger partial charge in [-0.05, 0) is 38.5 Å². The Hall–Kier alpha value is -0.570. The van der Waals surface area contributed by atoms with Crippen LogP contribution < -0.4 is 0 Å². The van der Waals surface area contributed by atoms with Crippen LogP contribution in [0.5, 0.6) is 0 Å². The zero-order valence-electron chi connectivity index (χ0n) is 16.3. The van der Waals surface area contributed by atoms with Crippen LogP contribution in [0.15, 0.2) is 24.3 Å². The molecule has 0 saturated carbocycles. The summed E-state index contributed by atoms with van der Waals surface area (Å²) in [5, 5.41) is 0.869. The van der Waals surface area contributed by atoms with E-state index in [4.69, 9.17) is 4.74 Å². The van der Waals surface area contributed by atoms with Crippen LogP contribution in [0.1, 0.15) is 96.8 Å². The van der Waals surface area contributed by atoms with E-state index in [1.165, 1.54) is 64.2 Å². The van der Waals surface area contributed by atoms with Crippen LogP contribution in [-0.2, 0) is 9.53 Å². The summed E-state index contributed by atoms with van der Waals surface area (Å²) < 4.78 is 5.19. The molecule has 0 N–H and O–H groups in total. The molecule has 0 amide bonds. The highest BCUT2D eigenvalue weighted by Crippen LogP contribution is 2.09. The zero-order valence-corrected chi connectivity index (χ0v) is 17.9. The minimum absolute atomic E-state index is 0.0519. The fourth-order valence-electron chi connectivity index (χ4n) is 2.55. The highest BCUT2D eigenvalue weighted by molar-refractivity contribution is 9.09. The van der Waals surface area contributed by atoms with Gasteiger partial charge in [-0.25, -0.2) is 0 Å². The van der Waals surface area contributed by atoms with Gasteiger partial charge in [0.1, 0.15) is 0 Å². The summed E-state index contributed by atoms with van der Waals surface area (Å²) in [5.74, 6) is -0.0519. The predicted octanol–water partition coefficient (Wildman–Crippen LogP) is 7.52. The van der Waals surface area contributed by atoms with Crippen LogP contribution in [-0.4, -0.2) is 17.9 Å². The number of halogens is 1. The number of allylic oxidation sites excluding steroid dienone is 4. The number of unbranched alkanes of at least 4 members (excludes halogenated alkanes) is 9. The third-order valence-corrected chi connectivity index (χ3v) is 4.68. The number of carbonyl (C=O) groups excluding carboxylic acids is 1. The van der Waals surface area contributed by atoms with Gasteiger partial charge in [0, 0.05) is 11.8 Å². The quantitative estimate of drug-likeness (QED) is 0.100. The molecular formula is C22H39BrO2. The molecule has 3 heteroatoms. The molecular weight excluding hydrogens is 376 g/mol. The smallest absolute Gasteiger partial charge is 0.305 e. The highest BCUT2D eigenvalue weighted by atomic mass is 79.9. The maximum absolute atomic E-state index is 11.3. The van der Waals surface area contributed by atoms with Gasteiger partial charge in [0.2, 0.25) is 0 Å². The fourth-order valence-corrected chi connectivity index (χ4v) is 2.83. The maximum atomic E-state index is 11.3. The third kappa shape index (κ3) is 21.4. The summed E-state index contributed by atoms with van der Waals surface area (Å²) in [6.07, 6.45) is 25.4. The lowest BCUT2D eigenvalue weighted by Crippen LogP contribution is -2.05. The van der Waals surface area contributed by atoms with Crippen molar-refractivity contribution in [2.45, 2.75) is 96.8 Å². The van der Waals surface area contributed by atoms with Crippen molar-refractivity contribution >= 4 is 21.9 Å². The van der Waals surface area contributed by atoms with Crippen molar-refractivity contribution in [2.75, 3.05) is 11.9 Å². The van der Waals surface area contributed by atoms with Crippen LogP contribution in [0, 0.1) is 0 Å². The number of rotatable bonds is 18. The summed E-state index contributed by atoms with van der Waals surface area (Å²) in [6.45, 7) is 2.83. The van der Waals surface area contributed by atoms with Crippen molar-refractivity contribution in [3.05, 3.63) is 24.3 Å². The molecule has 0 unspecified atom stereocenters. The van der Waals surface area contributed by atoms with Gasteiger partial charge in [0.05, 0.1) is 6.61 Å². The first kappa shape index (κ1) is 24.4. The molecule has 2 nitrogen and oxygen atoms in total. The second kappa shape index (κ2) is 21.5. The van der Waals surface area contributed by atoms with Crippen molar-refractivity contribution in [2.24, 2.45) is 0 Å². The molecule has 0 aromatic carbocycles. The van der Waals surface area contributed by atoms with Gasteiger partial charge in [0.15, 0.2) is 0 Å². The molecule has 0 heterocycles. The summed E-state index contributed by atoms with van der Waals surface area (Å²) in [4.78, 5) is 11.3. The minimum Gasteiger partial charge on any atom is -0.466 e. The van der Waals surface area contributed by atoms with Gasteiger partial charge < -0.3 is 4.74 Å². The Bertz CT molecular complexity index is 337. The number of alkyl halides is 1. The lowest BCUT2D eigenvalue weighted by molar-refractivity contribution is -0.143. The van der Waals surface area contributed by atoms with E-state index in [-0.39, 0.29) is 5.97 Å².